The molecule has 0 aliphatic rings. The van der Waals surface area contributed by atoms with E-state index < -0.39 is 5.97 Å². The molecular formula is C25H36N4O2. The molecule has 3 rings (SSSR count). The molecule has 2 N–H and O–H groups in total. The molecule has 0 aliphatic heterocycles. The Bertz CT molecular complexity index is 1010. The van der Waals surface area contributed by atoms with Gasteiger partial charge in [0.1, 0.15) is 16.9 Å². The fraction of sp³-hybridized carbons (Fsp3) is 0.560. The maximum atomic E-state index is 13.0. The highest BCUT2D eigenvalue weighted by molar-refractivity contribution is 6.08. The lowest BCUT2D eigenvalue weighted by Gasteiger charge is -2.12. The van der Waals surface area contributed by atoms with E-state index in [9.17, 15) is 4.79 Å². The molecule has 2 aromatic heterocycles. The average Bonchev–Trinajstić information content (AvgIpc) is 3.05. The molecule has 0 spiro atoms. The number of nitrogens with two attached hydrogens (primary N) is 1. The first kappa shape index (κ1) is 23.0. The number of nitrogen functional groups attached to an aromatic ring is 1. The summed E-state index contributed by atoms with van der Waals surface area (Å²) in [7, 11) is 0. The Morgan fingerprint density at radius 1 is 1.00 bits per heavy atom. The molecule has 2 heterocycles. The number of benzene rings is 1. The van der Waals surface area contributed by atoms with Crippen LogP contribution in [0.15, 0.2) is 24.3 Å². The molecule has 0 amide bonds. The van der Waals surface area contributed by atoms with Crippen LogP contribution in [-0.2, 0) is 11.3 Å². The second-order valence-electron chi connectivity index (χ2n) is 8.35. The van der Waals surface area contributed by atoms with Gasteiger partial charge >= 0.3 is 5.97 Å². The van der Waals surface area contributed by atoms with Gasteiger partial charge in [-0.05, 0) is 24.5 Å². The van der Waals surface area contributed by atoms with Gasteiger partial charge in [0.2, 0.25) is 0 Å². The standard InChI is InChI=1S/C25H36N4O2/c1-4-7-8-9-10-13-16-29-23(26)21(25(30)31-17-18(5-2)6-3)22-24(29)28-20-15-12-11-14-19(20)27-22/h11-12,14-15,18H,4-10,13,16-17,26H2,1-3H3. The SMILES string of the molecule is CCCCCCCCn1c(N)c(C(=O)OCC(CC)CC)c2nc3ccccc3nc21. The third-order valence-electron chi connectivity index (χ3n) is 6.14. The van der Waals surface area contributed by atoms with Gasteiger partial charge in [-0.1, -0.05) is 77.8 Å². The van der Waals surface area contributed by atoms with E-state index in [1.165, 1.54) is 25.7 Å². The normalized spacial score (nSPS) is 11.6. The third kappa shape index (κ3) is 5.35. The summed E-state index contributed by atoms with van der Waals surface area (Å²) in [5.74, 6) is 0.364. The summed E-state index contributed by atoms with van der Waals surface area (Å²) in [6.07, 6.45) is 9.07. The number of rotatable bonds is 12. The average molecular weight is 425 g/mol. The Labute approximate surface area is 185 Å². The van der Waals surface area contributed by atoms with Gasteiger partial charge in [0.05, 0.1) is 17.6 Å². The predicted molar refractivity (Wildman–Crippen MR) is 127 cm³/mol. The molecule has 0 unspecified atom stereocenters. The Kier molecular flexibility index (Phi) is 8.27. The molecule has 0 aliphatic carbocycles. The number of carbonyl (C=O) groups excluding carboxylic acids is 1. The van der Waals surface area contributed by atoms with Crippen LogP contribution in [-0.4, -0.2) is 27.1 Å². The molecule has 3 aromatic rings. The molecule has 0 saturated heterocycles. The minimum Gasteiger partial charge on any atom is -0.462 e. The molecule has 0 fully saturated rings. The number of ether oxygens (including phenoxy) is 1. The molecular weight excluding hydrogens is 388 g/mol. The van der Waals surface area contributed by atoms with Crippen molar-refractivity contribution in [2.75, 3.05) is 12.3 Å². The van der Waals surface area contributed by atoms with Crippen LogP contribution in [0.3, 0.4) is 0 Å². The number of hydrogen-bond donors (Lipinski definition) is 1. The van der Waals surface area contributed by atoms with Gasteiger partial charge in [-0.15, -0.1) is 0 Å². The minimum atomic E-state index is -0.402. The van der Waals surface area contributed by atoms with Crippen LogP contribution in [0.1, 0.15) is 82.5 Å². The van der Waals surface area contributed by atoms with E-state index >= 15 is 0 Å². The maximum Gasteiger partial charge on any atom is 0.344 e. The Balaban J connectivity index is 1.91. The monoisotopic (exact) mass is 424 g/mol. The van der Waals surface area contributed by atoms with E-state index in [4.69, 9.17) is 20.4 Å². The first-order valence-electron chi connectivity index (χ1n) is 11.8. The first-order chi connectivity index (χ1) is 15.1. The lowest BCUT2D eigenvalue weighted by Crippen LogP contribution is -2.15. The van der Waals surface area contributed by atoms with E-state index in [1.54, 1.807) is 0 Å². The van der Waals surface area contributed by atoms with E-state index in [-0.39, 0.29) is 0 Å². The van der Waals surface area contributed by atoms with Crippen LogP contribution in [0.2, 0.25) is 0 Å². The molecule has 6 nitrogen and oxygen atoms in total. The zero-order chi connectivity index (χ0) is 22.2. The quantitative estimate of drug-likeness (QED) is 0.280. The molecule has 6 heteroatoms. The molecule has 31 heavy (non-hydrogen) atoms. The molecule has 0 atom stereocenters. The number of nitrogens with zero attached hydrogens (tertiary/aromatic N) is 3. The lowest BCUT2D eigenvalue weighted by molar-refractivity contribution is 0.0436. The van der Waals surface area contributed by atoms with Crippen molar-refractivity contribution < 1.29 is 9.53 Å². The van der Waals surface area contributed by atoms with Crippen molar-refractivity contribution in [1.82, 2.24) is 14.5 Å². The van der Waals surface area contributed by atoms with Crippen molar-refractivity contribution in [2.45, 2.75) is 78.7 Å². The van der Waals surface area contributed by atoms with Crippen LogP contribution >= 0.6 is 0 Å². The van der Waals surface area contributed by atoms with E-state index in [2.05, 4.69) is 20.8 Å². The molecule has 0 radical (unpaired) electrons. The number of anilines is 1. The largest absolute Gasteiger partial charge is 0.462 e. The molecule has 168 valence electrons. The van der Waals surface area contributed by atoms with Crippen LogP contribution in [0.5, 0.6) is 0 Å². The molecule has 0 bridgehead atoms. The van der Waals surface area contributed by atoms with Crippen LogP contribution < -0.4 is 5.73 Å². The topological polar surface area (TPSA) is 83.0 Å². The number of aryl methyl sites for hydroxylation is 1. The summed E-state index contributed by atoms with van der Waals surface area (Å²) in [4.78, 5) is 22.6. The summed E-state index contributed by atoms with van der Waals surface area (Å²) < 4.78 is 7.60. The minimum absolute atomic E-state index is 0.352. The predicted octanol–water partition coefficient (Wildman–Crippen LogP) is 6.12. The summed E-state index contributed by atoms with van der Waals surface area (Å²) >= 11 is 0. The summed E-state index contributed by atoms with van der Waals surface area (Å²) in [6.45, 7) is 7.57. The first-order valence-corrected chi connectivity index (χ1v) is 11.8. The van der Waals surface area contributed by atoms with Crippen molar-refractivity contribution >= 4 is 34.0 Å². The zero-order valence-electron chi connectivity index (χ0n) is 19.2. The van der Waals surface area contributed by atoms with Gasteiger partial charge in [0, 0.05) is 6.54 Å². The van der Waals surface area contributed by atoms with E-state index in [0.29, 0.717) is 35.1 Å². The van der Waals surface area contributed by atoms with E-state index in [0.717, 1.165) is 43.3 Å². The Morgan fingerprint density at radius 2 is 1.65 bits per heavy atom. The van der Waals surface area contributed by atoms with Gasteiger partial charge in [-0.2, -0.15) is 0 Å². The van der Waals surface area contributed by atoms with Gasteiger partial charge < -0.3 is 15.0 Å². The maximum absolute atomic E-state index is 13.0. The highest BCUT2D eigenvalue weighted by Crippen LogP contribution is 2.29. The zero-order valence-corrected chi connectivity index (χ0v) is 19.2. The van der Waals surface area contributed by atoms with Gasteiger partial charge in [0.25, 0.3) is 0 Å². The van der Waals surface area contributed by atoms with Crippen molar-refractivity contribution in [3.05, 3.63) is 29.8 Å². The number of fused-ring (bicyclic) bond motifs is 2. The fourth-order valence-electron chi connectivity index (χ4n) is 3.98. The van der Waals surface area contributed by atoms with Crippen LogP contribution in [0.4, 0.5) is 5.82 Å². The third-order valence-corrected chi connectivity index (χ3v) is 6.14. The Morgan fingerprint density at radius 3 is 2.32 bits per heavy atom. The van der Waals surface area contributed by atoms with Gasteiger partial charge in [-0.25, -0.2) is 14.8 Å². The van der Waals surface area contributed by atoms with Gasteiger partial charge in [0.15, 0.2) is 5.65 Å². The van der Waals surface area contributed by atoms with Crippen molar-refractivity contribution in [3.8, 4) is 0 Å². The summed E-state index contributed by atoms with van der Waals surface area (Å²) in [6, 6.07) is 7.70. The van der Waals surface area contributed by atoms with Crippen molar-refractivity contribution in [1.29, 1.82) is 0 Å². The molecule has 0 saturated carbocycles. The lowest BCUT2D eigenvalue weighted by atomic mass is 10.1. The number of unbranched alkanes of at least 4 members (excludes halogenated alkanes) is 5. The second-order valence-corrected chi connectivity index (χ2v) is 8.35. The number of hydrogen-bond acceptors (Lipinski definition) is 5. The Hall–Kier alpha value is -2.63. The molecule has 1 aromatic carbocycles. The second kappa shape index (κ2) is 11.1. The summed E-state index contributed by atoms with van der Waals surface area (Å²) in [5.41, 5.74) is 9.60. The number of carbonyl (C=O) groups is 1. The number of para-hydroxylation sites is 2. The smallest absolute Gasteiger partial charge is 0.344 e. The van der Waals surface area contributed by atoms with Crippen molar-refractivity contribution in [3.63, 3.8) is 0 Å². The highest BCUT2D eigenvalue weighted by atomic mass is 16.5. The van der Waals surface area contributed by atoms with Crippen LogP contribution in [0.25, 0.3) is 22.2 Å². The highest BCUT2D eigenvalue weighted by Gasteiger charge is 2.25. The summed E-state index contributed by atoms with van der Waals surface area (Å²) in [5, 5.41) is 0. The fourth-order valence-corrected chi connectivity index (χ4v) is 3.98. The van der Waals surface area contributed by atoms with Gasteiger partial charge in [-0.3, -0.25) is 0 Å². The number of aromatic nitrogens is 3. The van der Waals surface area contributed by atoms with Crippen LogP contribution in [0, 0.1) is 5.92 Å². The number of esters is 1. The van der Waals surface area contributed by atoms with E-state index in [1.807, 2.05) is 28.8 Å². The van der Waals surface area contributed by atoms with Crippen molar-refractivity contribution in [2.24, 2.45) is 5.92 Å².